The molecule has 4 heteroatoms. The Morgan fingerprint density at radius 2 is 1.95 bits per heavy atom. The summed E-state index contributed by atoms with van der Waals surface area (Å²) in [5.74, 6) is 0.870. The van der Waals surface area contributed by atoms with Crippen LogP contribution >= 0.6 is 0 Å². The number of hydrogen-bond acceptors (Lipinski definition) is 3. The van der Waals surface area contributed by atoms with Crippen molar-refractivity contribution in [3.05, 3.63) is 0 Å². The van der Waals surface area contributed by atoms with Gasteiger partial charge in [-0.2, -0.15) is 0 Å². The number of amides is 1. The number of ether oxygens (including phenoxy) is 1. The van der Waals surface area contributed by atoms with Crippen molar-refractivity contribution in [2.24, 2.45) is 5.92 Å². The van der Waals surface area contributed by atoms with Gasteiger partial charge in [-0.05, 0) is 66.0 Å². The molecule has 0 aromatic heterocycles. The number of carbonyl (C=O) groups is 1. The summed E-state index contributed by atoms with van der Waals surface area (Å²) >= 11 is 0. The van der Waals surface area contributed by atoms with E-state index in [4.69, 9.17) is 4.74 Å². The number of carbonyl (C=O) groups excluding carboxylic acids is 1. The molecule has 1 atom stereocenters. The highest BCUT2D eigenvalue weighted by Crippen LogP contribution is 2.23. The Hall–Kier alpha value is -0.770. The molecular weight excluding hydrogens is 240 g/mol. The maximum atomic E-state index is 11.6. The van der Waals surface area contributed by atoms with Crippen LogP contribution in [0, 0.1) is 5.92 Å². The zero-order chi connectivity index (χ0) is 14.3. The summed E-state index contributed by atoms with van der Waals surface area (Å²) in [6, 6.07) is 0.144. The highest BCUT2D eigenvalue weighted by atomic mass is 16.6. The van der Waals surface area contributed by atoms with Gasteiger partial charge >= 0.3 is 6.09 Å². The van der Waals surface area contributed by atoms with E-state index in [9.17, 15) is 4.79 Å². The average Bonchev–Trinajstić information content (AvgIpc) is 2.74. The first-order chi connectivity index (χ1) is 8.87. The molecule has 0 bridgehead atoms. The molecule has 1 rings (SSSR count). The zero-order valence-electron chi connectivity index (χ0n) is 12.9. The van der Waals surface area contributed by atoms with E-state index in [1.165, 1.54) is 25.7 Å². The summed E-state index contributed by atoms with van der Waals surface area (Å²) in [6.45, 7) is 9.72. The quantitative estimate of drug-likeness (QED) is 0.729. The van der Waals surface area contributed by atoms with Gasteiger partial charge in [-0.15, -0.1) is 0 Å². The van der Waals surface area contributed by atoms with Crippen molar-refractivity contribution in [3.8, 4) is 0 Å². The largest absolute Gasteiger partial charge is 0.444 e. The molecule has 0 aromatic carbocycles. The maximum absolute atomic E-state index is 11.6. The van der Waals surface area contributed by atoms with E-state index < -0.39 is 5.60 Å². The Morgan fingerprint density at radius 3 is 2.53 bits per heavy atom. The van der Waals surface area contributed by atoms with Crippen molar-refractivity contribution in [1.29, 1.82) is 0 Å². The molecule has 0 aliphatic heterocycles. The topological polar surface area (TPSA) is 50.4 Å². The Balaban J connectivity index is 2.03. The van der Waals surface area contributed by atoms with Crippen LogP contribution in [0.25, 0.3) is 0 Å². The minimum absolute atomic E-state index is 0.144. The van der Waals surface area contributed by atoms with E-state index in [0.717, 1.165) is 25.4 Å². The Bertz CT molecular complexity index is 268. The van der Waals surface area contributed by atoms with E-state index in [-0.39, 0.29) is 12.1 Å². The molecule has 19 heavy (non-hydrogen) atoms. The summed E-state index contributed by atoms with van der Waals surface area (Å²) in [7, 11) is 0. The fourth-order valence-electron chi connectivity index (χ4n) is 2.42. The second-order valence-corrected chi connectivity index (χ2v) is 6.69. The van der Waals surface area contributed by atoms with Gasteiger partial charge in [0.25, 0.3) is 0 Å². The maximum Gasteiger partial charge on any atom is 0.407 e. The SMILES string of the molecule is CC(CCNCC1CCCC1)NC(=O)OC(C)(C)C. The molecular formula is C15H30N2O2. The highest BCUT2D eigenvalue weighted by molar-refractivity contribution is 5.67. The van der Waals surface area contributed by atoms with Gasteiger partial charge in [0, 0.05) is 6.04 Å². The third-order valence-corrected chi connectivity index (χ3v) is 3.43. The lowest BCUT2D eigenvalue weighted by Gasteiger charge is -2.22. The second-order valence-electron chi connectivity index (χ2n) is 6.69. The van der Waals surface area contributed by atoms with Gasteiger partial charge in [0.2, 0.25) is 0 Å². The van der Waals surface area contributed by atoms with Crippen molar-refractivity contribution < 1.29 is 9.53 Å². The van der Waals surface area contributed by atoms with Crippen LogP contribution in [0.4, 0.5) is 4.79 Å². The van der Waals surface area contributed by atoms with E-state index in [1.807, 2.05) is 27.7 Å². The normalized spacial score (nSPS) is 18.3. The summed E-state index contributed by atoms with van der Waals surface area (Å²) in [5.41, 5.74) is -0.426. The van der Waals surface area contributed by atoms with Gasteiger partial charge in [-0.3, -0.25) is 0 Å². The standard InChI is InChI=1S/C15H30N2O2/c1-12(17-14(18)19-15(2,3)4)9-10-16-11-13-7-5-6-8-13/h12-13,16H,5-11H2,1-4H3,(H,17,18). The van der Waals surface area contributed by atoms with Crippen molar-refractivity contribution in [2.75, 3.05) is 13.1 Å². The molecule has 0 radical (unpaired) electrons. The van der Waals surface area contributed by atoms with Crippen LogP contribution < -0.4 is 10.6 Å². The average molecular weight is 270 g/mol. The molecule has 1 aliphatic rings. The van der Waals surface area contributed by atoms with E-state index >= 15 is 0 Å². The van der Waals surface area contributed by atoms with Gasteiger partial charge < -0.3 is 15.4 Å². The van der Waals surface area contributed by atoms with E-state index in [0.29, 0.717) is 0 Å². The Morgan fingerprint density at radius 1 is 1.32 bits per heavy atom. The minimum atomic E-state index is -0.426. The number of rotatable bonds is 6. The molecule has 1 amide bonds. The van der Waals surface area contributed by atoms with Crippen LogP contribution in [0.3, 0.4) is 0 Å². The third-order valence-electron chi connectivity index (χ3n) is 3.43. The summed E-state index contributed by atoms with van der Waals surface area (Å²) in [4.78, 5) is 11.6. The van der Waals surface area contributed by atoms with Gasteiger partial charge in [-0.1, -0.05) is 12.8 Å². The van der Waals surface area contributed by atoms with Gasteiger partial charge in [0.05, 0.1) is 0 Å². The molecule has 0 heterocycles. The number of nitrogens with one attached hydrogen (secondary N) is 2. The van der Waals surface area contributed by atoms with Crippen LogP contribution in [-0.2, 0) is 4.74 Å². The van der Waals surface area contributed by atoms with Crippen molar-refractivity contribution >= 4 is 6.09 Å². The highest BCUT2D eigenvalue weighted by Gasteiger charge is 2.18. The van der Waals surface area contributed by atoms with Crippen molar-refractivity contribution in [3.63, 3.8) is 0 Å². The predicted octanol–water partition coefficient (Wildman–Crippen LogP) is 3.07. The zero-order valence-corrected chi connectivity index (χ0v) is 12.9. The van der Waals surface area contributed by atoms with E-state index in [1.54, 1.807) is 0 Å². The molecule has 0 spiro atoms. The molecule has 0 saturated heterocycles. The molecule has 112 valence electrons. The van der Waals surface area contributed by atoms with Gasteiger partial charge in [0.15, 0.2) is 0 Å². The lowest BCUT2D eigenvalue weighted by Crippen LogP contribution is -2.39. The monoisotopic (exact) mass is 270 g/mol. The third kappa shape index (κ3) is 8.09. The number of hydrogen-bond donors (Lipinski definition) is 2. The lowest BCUT2D eigenvalue weighted by molar-refractivity contribution is 0.0506. The molecule has 1 unspecified atom stereocenters. The fourth-order valence-corrected chi connectivity index (χ4v) is 2.42. The molecule has 1 aliphatic carbocycles. The first-order valence-electron chi connectivity index (χ1n) is 7.57. The number of alkyl carbamates (subject to hydrolysis) is 1. The van der Waals surface area contributed by atoms with Crippen LogP contribution in [-0.4, -0.2) is 30.8 Å². The summed E-state index contributed by atoms with van der Waals surface area (Å²) in [6.07, 6.45) is 6.14. The molecule has 0 aromatic rings. The lowest BCUT2D eigenvalue weighted by atomic mass is 10.1. The van der Waals surface area contributed by atoms with E-state index in [2.05, 4.69) is 10.6 Å². The Labute approximate surface area is 117 Å². The summed E-state index contributed by atoms with van der Waals surface area (Å²) < 4.78 is 5.23. The van der Waals surface area contributed by atoms with Crippen LogP contribution in [0.5, 0.6) is 0 Å². The molecule has 2 N–H and O–H groups in total. The minimum Gasteiger partial charge on any atom is -0.444 e. The van der Waals surface area contributed by atoms with Crippen molar-refractivity contribution in [1.82, 2.24) is 10.6 Å². The van der Waals surface area contributed by atoms with Crippen LogP contribution in [0.2, 0.25) is 0 Å². The first-order valence-corrected chi connectivity index (χ1v) is 7.57. The second kappa shape index (κ2) is 7.73. The molecule has 1 fully saturated rings. The van der Waals surface area contributed by atoms with Gasteiger partial charge in [-0.25, -0.2) is 4.79 Å². The van der Waals surface area contributed by atoms with Crippen LogP contribution in [0.1, 0.15) is 59.8 Å². The first kappa shape index (κ1) is 16.3. The fraction of sp³-hybridized carbons (Fsp3) is 0.933. The van der Waals surface area contributed by atoms with Gasteiger partial charge in [0.1, 0.15) is 5.60 Å². The van der Waals surface area contributed by atoms with Crippen molar-refractivity contribution in [2.45, 2.75) is 71.4 Å². The molecule has 4 nitrogen and oxygen atoms in total. The molecule has 1 saturated carbocycles. The Kier molecular flexibility index (Phi) is 6.63. The van der Waals surface area contributed by atoms with Crippen LogP contribution in [0.15, 0.2) is 0 Å². The predicted molar refractivity (Wildman–Crippen MR) is 78.3 cm³/mol. The smallest absolute Gasteiger partial charge is 0.407 e. The summed E-state index contributed by atoms with van der Waals surface area (Å²) in [5, 5.41) is 6.35.